The van der Waals surface area contributed by atoms with Gasteiger partial charge in [0.1, 0.15) is 5.76 Å². The Hall–Kier alpha value is -1.73. The molecule has 1 N–H and O–H groups in total. The summed E-state index contributed by atoms with van der Waals surface area (Å²) in [7, 11) is 0. The zero-order valence-electron chi connectivity index (χ0n) is 14.4. The standard InChI is InChI=1S/C17H25N5O2/c1-11-15(12(2)23-20-11)8-18-14-4-3-7-22(9-14)10-16-19-17(24-21-16)13-5-6-13/h13-14,18H,3-10H2,1-2H3/t14-/m0/s1. The number of likely N-dealkylation sites (tertiary alicyclic amines) is 1. The predicted octanol–water partition coefficient (Wildman–Crippen LogP) is 2.31. The smallest absolute Gasteiger partial charge is 0.229 e. The summed E-state index contributed by atoms with van der Waals surface area (Å²) in [6.45, 7) is 7.66. The van der Waals surface area contributed by atoms with Crippen molar-refractivity contribution in [2.24, 2.45) is 0 Å². The van der Waals surface area contributed by atoms with E-state index in [2.05, 4.69) is 25.5 Å². The van der Waals surface area contributed by atoms with Crippen LogP contribution < -0.4 is 5.32 Å². The minimum absolute atomic E-state index is 0.474. The molecular formula is C17H25N5O2. The van der Waals surface area contributed by atoms with Crippen LogP contribution in [0.1, 0.15) is 60.3 Å². The fraction of sp³-hybridized carbons (Fsp3) is 0.706. The van der Waals surface area contributed by atoms with Gasteiger partial charge in [0.25, 0.3) is 0 Å². The van der Waals surface area contributed by atoms with E-state index in [1.807, 2.05) is 13.8 Å². The van der Waals surface area contributed by atoms with Gasteiger partial charge in [-0.25, -0.2) is 0 Å². The second-order valence-electron chi connectivity index (χ2n) is 7.08. The second-order valence-corrected chi connectivity index (χ2v) is 7.08. The van der Waals surface area contributed by atoms with Crippen molar-refractivity contribution in [3.63, 3.8) is 0 Å². The van der Waals surface area contributed by atoms with E-state index in [0.29, 0.717) is 12.0 Å². The Bertz CT molecular complexity index is 671. The molecule has 0 unspecified atom stereocenters. The van der Waals surface area contributed by atoms with Crippen molar-refractivity contribution in [3.8, 4) is 0 Å². The van der Waals surface area contributed by atoms with Crippen molar-refractivity contribution in [3.05, 3.63) is 28.7 Å². The predicted molar refractivity (Wildman–Crippen MR) is 87.4 cm³/mol. The molecule has 1 aliphatic carbocycles. The van der Waals surface area contributed by atoms with Crippen molar-refractivity contribution in [2.45, 2.75) is 64.6 Å². The van der Waals surface area contributed by atoms with Gasteiger partial charge in [-0.05, 0) is 46.1 Å². The van der Waals surface area contributed by atoms with Crippen molar-refractivity contribution in [1.29, 1.82) is 0 Å². The van der Waals surface area contributed by atoms with Gasteiger partial charge in [-0.3, -0.25) is 4.90 Å². The molecule has 130 valence electrons. The lowest BCUT2D eigenvalue weighted by atomic mass is 10.0. The molecule has 2 aromatic rings. The number of nitrogens with one attached hydrogen (secondary N) is 1. The first kappa shape index (κ1) is 15.8. The van der Waals surface area contributed by atoms with Gasteiger partial charge in [-0.2, -0.15) is 4.98 Å². The number of rotatable bonds is 6. The van der Waals surface area contributed by atoms with Gasteiger partial charge in [-0.1, -0.05) is 10.3 Å². The van der Waals surface area contributed by atoms with Crippen molar-refractivity contribution < 1.29 is 9.05 Å². The van der Waals surface area contributed by atoms with Crippen LogP contribution in [0, 0.1) is 13.8 Å². The first-order valence-electron chi connectivity index (χ1n) is 8.89. The molecule has 1 saturated carbocycles. The number of aromatic nitrogens is 3. The molecule has 1 atom stereocenters. The van der Waals surface area contributed by atoms with Crippen LogP contribution in [0.3, 0.4) is 0 Å². The van der Waals surface area contributed by atoms with E-state index in [0.717, 1.165) is 49.3 Å². The number of nitrogens with zero attached hydrogens (tertiary/aromatic N) is 4. The van der Waals surface area contributed by atoms with E-state index >= 15 is 0 Å². The largest absolute Gasteiger partial charge is 0.361 e. The Morgan fingerprint density at radius 3 is 2.79 bits per heavy atom. The summed E-state index contributed by atoms with van der Waals surface area (Å²) in [5.41, 5.74) is 2.16. The minimum Gasteiger partial charge on any atom is -0.361 e. The lowest BCUT2D eigenvalue weighted by Gasteiger charge is -2.32. The fourth-order valence-electron chi connectivity index (χ4n) is 3.39. The third kappa shape index (κ3) is 3.52. The molecule has 0 amide bonds. The Kier molecular flexibility index (Phi) is 4.37. The maximum Gasteiger partial charge on any atom is 0.229 e. The van der Waals surface area contributed by atoms with Gasteiger partial charge in [0.15, 0.2) is 5.82 Å². The molecule has 1 aliphatic heterocycles. The van der Waals surface area contributed by atoms with Crippen molar-refractivity contribution in [1.82, 2.24) is 25.5 Å². The molecule has 0 aromatic carbocycles. The Morgan fingerprint density at radius 2 is 2.04 bits per heavy atom. The molecular weight excluding hydrogens is 306 g/mol. The van der Waals surface area contributed by atoms with Crippen LogP contribution in [-0.4, -0.2) is 39.3 Å². The van der Waals surface area contributed by atoms with Crippen LogP contribution in [0.4, 0.5) is 0 Å². The number of hydrogen-bond donors (Lipinski definition) is 1. The normalized spacial score (nSPS) is 22.2. The minimum atomic E-state index is 0.474. The molecule has 7 heteroatoms. The summed E-state index contributed by atoms with van der Waals surface area (Å²) in [5, 5.41) is 11.8. The molecule has 0 spiro atoms. The zero-order chi connectivity index (χ0) is 16.5. The molecule has 2 aliphatic rings. The Balaban J connectivity index is 1.30. The quantitative estimate of drug-likeness (QED) is 0.870. The highest BCUT2D eigenvalue weighted by atomic mass is 16.5. The van der Waals surface area contributed by atoms with Gasteiger partial charge in [0.2, 0.25) is 5.89 Å². The van der Waals surface area contributed by atoms with Gasteiger partial charge in [0, 0.05) is 30.6 Å². The van der Waals surface area contributed by atoms with Crippen molar-refractivity contribution in [2.75, 3.05) is 13.1 Å². The summed E-state index contributed by atoms with van der Waals surface area (Å²) in [6.07, 6.45) is 4.77. The molecule has 7 nitrogen and oxygen atoms in total. The van der Waals surface area contributed by atoms with E-state index in [4.69, 9.17) is 9.05 Å². The highest BCUT2D eigenvalue weighted by Crippen LogP contribution is 2.38. The summed E-state index contributed by atoms with van der Waals surface area (Å²) >= 11 is 0. The third-order valence-corrected chi connectivity index (χ3v) is 5.03. The first-order chi connectivity index (χ1) is 11.7. The molecule has 4 rings (SSSR count). The topological polar surface area (TPSA) is 80.2 Å². The fourth-order valence-corrected chi connectivity index (χ4v) is 3.39. The van der Waals surface area contributed by atoms with Gasteiger partial charge < -0.3 is 14.4 Å². The van der Waals surface area contributed by atoms with E-state index in [1.54, 1.807) is 0 Å². The van der Waals surface area contributed by atoms with E-state index in [-0.39, 0.29) is 0 Å². The van der Waals surface area contributed by atoms with Crippen LogP contribution in [0.2, 0.25) is 0 Å². The Labute approximate surface area is 141 Å². The number of piperidine rings is 1. The average Bonchev–Trinajstić information content (AvgIpc) is 3.25. The molecule has 1 saturated heterocycles. The van der Waals surface area contributed by atoms with Crippen LogP contribution in [-0.2, 0) is 13.1 Å². The maximum absolute atomic E-state index is 5.36. The van der Waals surface area contributed by atoms with Gasteiger partial charge in [0.05, 0.1) is 12.2 Å². The molecule has 2 fully saturated rings. The third-order valence-electron chi connectivity index (χ3n) is 5.03. The monoisotopic (exact) mass is 331 g/mol. The molecule has 2 aromatic heterocycles. The highest BCUT2D eigenvalue weighted by molar-refractivity contribution is 5.20. The summed E-state index contributed by atoms with van der Waals surface area (Å²) in [5.74, 6) is 3.09. The molecule has 24 heavy (non-hydrogen) atoms. The Morgan fingerprint density at radius 1 is 1.17 bits per heavy atom. The van der Waals surface area contributed by atoms with E-state index < -0.39 is 0 Å². The summed E-state index contributed by atoms with van der Waals surface area (Å²) in [4.78, 5) is 6.95. The van der Waals surface area contributed by atoms with Crippen molar-refractivity contribution >= 4 is 0 Å². The molecule has 0 radical (unpaired) electrons. The first-order valence-corrected chi connectivity index (χ1v) is 8.89. The second kappa shape index (κ2) is 6.64. The van der Waals surface area contributed by atoms with Crippen LogP contribution >= 0.6 is 0 Å². The van der Waals surface area contributed by atoms with Gasteiger partial charge in [-0.15, -0.1) is 0 Å². The van der Waals surface area contributed by atoms with E-state index in [9.17, 15) is 0 Å². The van der Waals surface area contributed by atoms with Crippen LogP contribution in [0.5, 0.6) is 0 Å². The number of aryl methyl sites for hydroxylation is 2. The summed E-state index contributed by atoms with van der Waals surface area (Å²) < 4.78 is 10.6. The molecule has 0 bridgehead atoms. The molecule has 3 heterocycles. The van der Waals surface area contributed by atoms with Crippen LogP contribution in [0.15, 0.2) is 9.05 Å². The maximum atomic E-state index is 5.36. The lowest BCUT2D eigenvalue weighted by Crippen LogP contribution is -2.45. The highest BCUT2D eigenvalue weighted by Gasteiger charge is 2.30. The lowest BCUT2D eigenvalue weighted by molar-refractivity contribution is 0.177. The number of hydrogen-bond acceptors (Lipinski definition) is 7. The van der Waals surface area contributed by atoms with Crippen LogP contribution in [0.25, 0.3) is 0 Å². The van der Waals surface area contributed by atoms with E-state index in [1.165, 1.54) is 31.2 Å². The SMILES string of the molecule is Cc1noc(C)c1CN[C@H]1CCCN(Cc2noc(C3CC3)n2)C1. The zero-order valence-corrected chi connectivity index (χ0v) is 14.4. The summed E-state index contributed by atoms with van der Waals surface area (Å²) in [6, 6.07) is 0.474. The average molecular weight is 331 g/mol. The van der Waals surface area contributed by atoms with Gasteiger partial charge >= 0.3 is 0 Å².